The molecule has 0 amide bonds. The van der Waals surface area contributed by atoms with Gasteiger partial charge in [0.1, 0.15) is 5.75 Å². The molecule has 2 aromatic carbocycles. The van der Waals surface area contributed by atoms with E-state index in [0.29, 0.717) is 6.04 Å². The zero-order valence-corrected chi connectivity index (χ0v) is 13.1. The largest absolute Gasteiger partial charge is 0.492 e. The van der Waals surface area contributed by atoms with Gasteiger partial charge in [-0.05, 0) is 29.2 Å². The van der Waals surface area contributed by atoms with Gasteiger partial charge in [-0.2, -0.15) is 0 Å². The Morgan fingerprint density at radius 2 is 2.00 bits per heavy atom. The molecule has 0 saturated heterocycles. The summed E-state index contributed by atoms with van der Waals surface area (Å²) in [5.74, 6) is 1.08. The summed E-state index contributed by atoms with van der Waals surface area (Å²) in [6.45, 7) is 8.25. The van der Waals surface area contributed by atoms with Gasteiger partial charge in [0.15, 0.2) is 0 Å². The molecule has 1 N–H and O–H groups in total. The summed E-state index contributed by atoms with van der Waals surface area (Å²) in [4.78, 5) is 0. The average Bonchev–Trinajstić information content (AvgIpc) is 2.94. The Morgan fingerprint density at radius 1 is 1.14 bits per heavy atom. The summed E-state index contributed by atoms with van der Waals surface area (Å²) in [6, 6.07) is 13.7. The van der Waals surface area contributed by atoms with E-state index < -0.39 is 0 Å². The van der Waals surface area contributed by atoms with Crippen molar-refractivity contribution in [2.45, 2.75) is 39.8 Å². The zero-order valence-electron chi connectivity index (χ0n) is 13.1. The van der Waals surface area contributed by atoms with Crippen LogP contribution in [0.2, 0.25) is 0 Å². The molecule has 0 fully saturated rings. The third-order valence-electron chi connectivity index (χ3n) is 4.01. The Balaban J connectivity index is 1.92. The predicted molar refractivity (Wildman–Crippen MR) is 87.8 cm³/mol. The second kappa shape index (κ2) is 5.90. The van der Waals surface area contributed by atoms with Crippen LogP contribution in [0.1, 0.15) is 30.5 Å². The molecule has 110 valence electrons. The summed E-state index contributed by atoms with van der Waals surface area (Å²) in [7, 11) is 0. The average molecular weight is 281 g/mol. The van der Waals surface area contributed by atoms with E-state index in [1.54, 1.807) is 0 Å². The molecule has 0 atom stereocenters. The summed E-state index contributed by atoms with van der Waals surface area (Å²) in [5, 5.41) is 3.47. The predicted octanol–water partition coefficient (Wildman–Crippen LogP) is 4.09. The Kier molecular flexibility index (Phi) is 3.98. The summed E-state index contributed by atoms with van der Waals surface area (Å²) >= 11 is 0. The normalized spacial score (nSPS) is 13.3. The first-order valence-electron chi connectivity index (χ1n) is 7.73. The number of rotatable bonds is 4. The van der Waals surface area contributed by atoms with E-state index in [2.05, 4.69) is 62.5 Å². The SMILES string of the molecule is Cc1cc(CNC(C)C)ccc1-c1cccc2c1OCC2. The van der Waals surface area contributed by atoms with Crippen LogP contribution >= 0.6 is 0 Å². The van der Waals surface area contributed by atoms with Gasteiger partial charge in [0.05, 0.1) is 6.61 Å². The maximum absolute atomic E-state index is 5.84. The van der Waals surface area contributed by atoms with E-state index in [9.17, 15) is 0 Å². The number of fused-ring (bicyclic) bond motifs is 1. The quantitative estimate of drug-likeness (QED) is 0.911. The lowest BCUT2D eigenvalue weighted by Crippen LogP contribution is -2.21. The van der Waals surface area contributed by atoms with Gasteiger partial charge in [0.2, 0.25) is 0 Å². The Hall–Kier alpha value is -1.80. The van der Waals surface area contributed by atoms with Crippen LogP contribution in [0, 0.1) is 6.92 Å². The first-order valence-corrected chi connectivity index (χ1v) is 7.73. The van der Waals surface area contributed by atoms with Crippen molar-refractivity contribution in [3.63, 3.8) is 0 Å². The molecule has 1 heterocycles. The van der Waals surface area contributed by atoms with Gasteiger partial charge in [-0.25, -0.2) is 0 Å². The zero-order chi connectivity index (χ0) is 14.8. The first kappa shape index (κ1) is 14.2. The second-order valence-electron chi connectivity index (χ2n) is 6.08. The van der Waals surface area contributed by atoms with Crippen molar-refractivity contribution >= 4 is 0 Å². The number of benzene rings is 2. The molecule has 1 aliphatic rings. The molecule has 0 aromatic heterocycles. The van der Waals surface area contributed by atoms with E-state index in [0.717, 1.165) is 25.3 Å². The maximum atomic E-state index is 5.84. The summed E-state index contributed by atoms with van der Waals surface area (Å²) < 4.78 is 5.84. The van der Waals surface area contributed by atoms with E-state index in [-0.39, 0.29) is 0 Å². The fraction of sp³-hybridized carbons (Fsp3) is 0.368. The van der Waals surface area contributed by atoms with E-state index in [4.69, 9.17) is 4.74 Å². The number of aryl methyl sites for hydroxylation is 1. The van der Waals surface area contributed by atoms with Gasteiger partial charge < -0.3 is 10.1 Å². The molecule has 2 heteroatoms. The number of hydrogen-bond acceptors (Lipinski definition) is 2. The smallest absolute Gasteiger partial charge is 0.130 e. The topological polar surface area (TPSA) is 21.3 Å². The van der Waals surface area contributed by atoms with Crippen LogP contribution < -0.4 is 10.1 Å². The van der Waals surface area contributed by atoms with Crippen LogP contribution in [-0.2, 0) is 13.0 Å². The first-order chi connectivity index (χ1) is 10.1. The molecule has 2 aromatic rings. The molecule has 0 unspecified atom stereocenters. The van der Waals surface area contributed by atoms with Gasteiger partial charge >= 0.3 is 0 Å². The van der Waals surface area contributed by atoms with E-state index >= 15 is 0 Å². The third kappa shape index (κ3) is 2.96. The van der Waals surface area contributed by atoms with Gasteiger partial charge in [0.25, 0.3) is 0 Å². The van der Waals surface area contributed by atoms with Crippen molar-refractivity contribution in [1.29, 1.82) is 0 Å². The van der Waals surface area contributed by atoms with Crippen LogP contribution in [0.15, 0.2) is 36.4 Å². The van der Waals surface area contributed by atoms with E-state index in [1.165, 1.54) is 27.8 Å². The number of para-hydroxylation sites is 1. The summed E-state index contributed by atoms with van der Waals surface area (Å²) in [5.41, 5.74) is 6.48. The highest BCUT2D eigenvalue weighted by molar-refractivity contribution is 5.75. The molecular weight excluding hydrogens is 258 g/mol. The van der Waals surface area contributed by atoms with Crippen molar-refractivity contribution in [2.75, 3.05) is 6.61 Å². The van der Waals surface area contributed by atoms with Crippen molar-refractivity contribution < 1.29 is 4.74 Å². The lowest BCUT2D eigenvalue weighted by atomic mass is 9.96. The Labute approximate surface area is 127 Å². The molecule has 0 spiro atoms. The molecule has 2 nitrogen and oxygen atoms in total. The van der Waals surface area contributed by atoms with Gasteiger partial charge in [-0.3, -0.25) is 0 Å². The summed E-state index contributed by atoms with van der Waals surface area (Å²) in [6.07, 6.45) is 1.03. The Morgan fingerprint density at radius 3 is 2.76 bits per heavy atom. The lowest BCUT2D eigenvalue weighted by Gasteiger charge is -2.13. The van der Waals surface area contributed by atoms with Crippen molar-refractivity contribution in [2.24, 2.45) is 0 Å². The number of ether oxygens (including phenoxy) is 1. The van der Waals surface area contributed by atoms with Gasteiger partial charge in [-0.15, -0.1) is 0 Å². The van der Waals surface area contributed by atoms with Crippen LogP contribution in [0.4, 0.5) is 0 Å². The third-order valence-corrected chi connectivity index (χ3v) is 4.01. The van der Waals surface area contributed by atoms with Crippen molar-refractivity contribution in [3.05, 3.63) is 53.1 Å². The fourth-order valence-corrected chi connectivity index (χ4v) is 2.89. The standard InChI is InChI=1S/C19H23NO/c1-13(2)20-12-15-7-8-17(14(3)11-15)18-6-4-5-16-9-10-21-19(16)18/h4-8,11,13,20H,9-10,12H2,1-3H3. The van der Waals surface area contributed by atoms with Crippen LogP contribution in [0.3, 0.4) is 0 Å². The monoisotopic (exact) mass is 281 g/mol. The lowest BCUT2D eigenvalue weighted by molar-refractivity contribution is 0.358. The highest BCUT2D eigenvalue weighted by Gasteiger charge is 2.17. The van der Waals surface area contributed by atoms with E-state index in [1.807, 2.05) is 0 Å². The Bertz CT molecular complexity index is 646. The number of nitrogens with one attached hydrogen (secondary N) is 1. The van der Waals surface area contributed by atoms with Crippen LogP contribution in [-0.4, -0.2) is 12.6 Å². The fourth-order valence-electron chi connectivity index (χ4n) is 2.89. The minimum Gasteiger partial charge on any atom is -0.492 e. The minimum atomic E-state index is 0.510. The van der Waals surface area contributed by atoms with Crippen LogP contribution in [0.25, 0.3) is 11.1 Å². The van der Waals surface area contributed by atoms with Crippen LogP contribution in [0.5, 0.6) is 5.75 Å². The second-order valence-corrected chi connectivity index (χ2v) is 6.08. The molecule has 3 rings (SSSR count). The van der Waals surface area contributed by atoms with Crippen molar-refractivity contribution in [3.8, 4) is 16.9 Å². The molecule has 0 aliphatic carbocycles. The van der Waals surface area contributed by atoms with Crippen molar-refractivity contribution in [1.82, 2.24) is 5.32 Å². The van der Waals surface area contributed by atoms with Gasteiger partial charge in [-0.1, -0.05) is 50.2 Å². The maximum Gasteiger partial charge on any atom is 0.130 e. The number of hydrogen-bond donors (Lipinski definition) is 1. The highest BCUT2D eigenvalue weighted by atomic mass is 16.5. The highest BCUT2D eigenvalue weighted by Crippen LogP contribution is 2.38. The molecule has 0 saturated carbocycles. The minimum absolute atomic E-state index is 0.510. The van der Waals surface area contributed by atoms with Gasteiger partial charge in [0, 0.05) is 24.6 Å². The molecule has 0 radical (unpaired) electrons. The molecule has 0 bridgehead atoms. The molecule has 1 aliphatic heterocycles. The molecular formula is C19H23NO. The molecule has 21 heavy (non-hydrogen) atoms.